The summed E-state index contributed by atoms with van der Waals surface area (Å²) >= 11 is 8.75. The van der Waals surface area contributed by atoms with E-state index in [1.807, 2.05) is 6.07 Å². The van der Waals surface area contributed by atoms with Crippen LogP contribution in [0.5, 0.6) is 0 Å². The van der Waals surface area contributed by atoms with E-state index in [1.165, 1.54) is 21.8 Å². The van der Waals surface area contributed by atoms with Crippen molar-refractivity contribution in [1.82, 2.24) is 15.1 Å². The standard InChI is InChI=1S/C19H22ClN3O3S2/c1-22-6-5-14-11(8-22)7-16(27-14)19(25)23-9-12(13(10-23)26-2)21-18(24)15-3-4-17(20)28-15/h3-4,7,12-13H,5-6,8-10H2,1-2H3,(H,21,24). The van der Waals surface area contributed by atoms with E-state index in [4.69, 9.17) is 16.3 Å². The van der Waals surface area contributed by atoms with Crippen LogP contribution in [0.2, 0.25) is 4.34 Å². The van der Waals surface area contributed by atoms with Crippen LogP contribution in [-0.4, -0.2) is 67.6 Å². The number of ether oxygens (including phenoxy) is 1. The molecule has 2 aromatic heterocycles. The fourth-order valence-electron chi connectivity index (χ4n) is 3.73. The summed E-state index contributed by atoms with van der Waals surface area (Å²) in [4.78, 5) is 32.2. The summed E-state index contributed by atoms with van der Waals surface area (Å²) in [6, 6.07) is 5.19. The monoisotopic (exact) mass is 439 g/mol. The lowest BCUT2D eigenvalue weighted by atomic mass is 10.1. The van der Waals surface area contributed by atoms with Gasteiger partial charge in [-0.1, -0.05) is 11.6 Å². The predicted octanol–water partition coefficient (Wildman–Crippen LogP) is 2.72. The van der Waals surface area contributed by atoms with Gasteiger partial charge in [-0.3, -0.25) is 9.59 Å². The van der Waals surface area contributed by atoms with Crippen molar-refractivity contribution < 1.29 is 14.3 Å². The highest BCUT2D eigenvalue weighted by atomic mass is 35.5. The third-order valence-electron chi connectivity index (χ3n) is 5.24. The molecule has 2 aliphatic heterocycles. The van der Waals surface area contributed by atoms with E-state index in [0.29, 0.717) is 22.3 Å². The molecule has 6 nitrogen and oxygen atoms in total. The summed E-state index contributed by atoms with van der Waals surface area (Å²) in [5, 5.41) is 2.99. The maximum absolute atomic E-state index is 13.1. The second-order valence-electron chi connectivity index (χ2n) is 7.21. The fourth-order valence-corrected chi connectivity index (χ4v) is 5.81. The van der Waals surface area contributed by atoms with E-state index in [2.05, 4.69) is 17.3 Å². The number of halogens is 1. The Hall–Kier alpha value is -1.45. The van der Waals surface area contributed by atoms with Crippen LogP contribution < -0.4 is 5.32 Å². The van der Waals surface area contributed by atoms with E-state index in [1.54, 1.807) is 35.5 Å². The molecule has 0 spiro atoms. The number of thiophene rings is 2. The molecule has 150 valence electrons. The van der Waals surface area contributed by atoms with Crippen molar-refractivity contribution in [3.8, 4) is 0 Å². The number of likely N-dealkylation sites (tertiary alicyclic amines) is 1. The van der Waals surface area contributed by atoms with Crippen LogP contribution in [-0.2, 0) is 17.7 Å². The summed E-state index contributed by atoms with van der Waals surface area (Å²) in [6.45, 7) is 2.82. The number of likely N-dealkylation sites (N-methyl/N-ethyl adjacent to an activating group) is 1. The highest BCUT2D eigenvalue weighted by molar-refractivity contribution is 7.18. The first-order valence-electron chi connectivity index (χ1n) is 9.13. The summed E-state index contributed by atoms with van der Waals surface area (Å²) < 4.78 is 6.12. The van der Waals surface area contributed by atoms with Gasteiger partial charge in [-0.2, -0.15) is 0 Å². The highest BCUT2D eigenvalue weighted by Gasteiger charge is 2.37. The maximum atomic E-state index is 13.1. The first-order valence-corrected chi connectivity index (χ1v) is 11.1. The van der Waals surface area contributed by atoms with Gasteiger partial charge in [-0.15, -0.1) is 22.7 Å². The summed E-state index contributed by atoms with van der Waals surface area (Å²) in [5.74, 6) is -0.173. The van der Waals surface area contributed by atoms with Gasteiger partial charge in [-0.25, -0.2) is 0 Å². The zero-order valence-electron chi connectivity index (χ0n) is 15.7. The van der Waals surface area contributed by atoms with Crippen LogP contribution in [0.4, 0.5) is 0 Å². The topological polar surface area (TPSA) is 61.9 Å². The second-order valence-corrected chi connectivity index (χ2v) is 10.1. The zero-order chi connectivity index (χ0) is 19.8. The van der Waals surface area contributed by atoms with Gasteiger partial charge in [-0.05, 0) is 37.2 Å². The van der Waals surface area contributed by atoms with Crippen molar-refractivity contribution in [2.24, 2.45) is 0 Å². The molecule has 2 amide bonds. The molecule has 4 heterocycles. The average Bonchev–Trinajstić information content (AvgIpc) is 3.38. The molecule has 2 atom stereocenters. The van der Waals surface area contributed by atoms with Gasteiger partial charge in [0.2, 0.25) is 0 Å². The molecular weight excluding hydrogens is 418 g/mol. The van der Waals surface area contributed by atoms with Crippen LogP contribution in [0.15, 0.2) is 18.2 Å². The SMILES string of the molecule is COC1CN(C(=O)c2cc3c(s2)CCN(C)C3)CC1NC(=O)c1ccc(Cl)s1. The Bertz CT molecular complexity index is 897. The lowest BCUT2D eigenvalue weighted by Gasteiger charge is -2.21. The number of methoxy groups -OCH3 is 1. The average molecular weight is 440 g/mol. The van der Waals surface area contributed by atoms with Crippen molar-refractivity contribution >= 4 is 46.1 Å². The molecular formula is C19H22ClN3O3S2. The molecule has 4 rings (SSSR count). The second kappa shape index (κ2) is 8.12. The number of carbonyl (C=O) groups excluding carboxylic acids is 2. The van der Waals surface area contributed by atoms with Crippen LogP contribution >= 0.6 is 34.3 Å². The molecule has 0 saturated carbocycles. The number of nitrogens with zero attached hydrogens (tertiary/aromatic N) is 2. The largest absolute Gasteiger partial charge is 0.377 e. The van der Waals surface area contributed by atoms with Crippen molar-refractivity contribution in [3.05, 3.63) is 42.7 Å². The molecule has 2 aliphatic rings. The van der Waals surface area contributed by atoms with Crippen LogP contribution in [0.25, 0.3) is 0 Å². The number of amides is 2. The summed E-state index contributed by atoms with van der Waals surface area (Å²) in [6.07, 6.45) is 0.760. The third-order valence-corrected chi connectivity index (χ3v) is 7.69. The molecule has 2 unspecified atom stereocenters. The van der Waals surface area contributed by atoms with E-state index in [9.17, 15) is 9.59 Å². The zero-order valence-corrected chi connectivity index (χ0v) is 18.1. The van der Waals surface area contributed by atoms with E-state index >= 15 is 0 Å². The van der Waals surface area contributed by atoms with Gasteiger partial charge in [0.25, 0.3) is 11.8 Å². The minimum Gasteiger partial charge on any atom is -0.377 e. The number of hydrogen-bond donors (Lipinski definition) is 1. The fraction of sp³-hybridized carbons (Fsp3) is 0.474. The molecule has 2 aromatic rings. The first-order chi connectivity index (χ1) is 13.4. The molecule has 0 aliphatic carbocycles. The number of nitrogens with one attached hydrogen (secondary N) is 1. The Balaban J connectivity index is 1.44. The van der Waals surface area contributed by atoms with E-state index in [0.717, 1.165) is 24.4 Å². The lowest BCUT2D eigenvalue weighted by molar-refractivity contribution is 0.0695. The van der Waals surface area contributed by atoms with Gasteiger partial charge >= 0.3 is 0 Å². The first kappa shape index (κ1) is 19.8. The molecule has 1 N–H and O–H groups in total. The molecule has 9 heteroatoms. The molecule has 0 aromatic carbocycles. The van der Waals surface area contributed by atoms with Gasteiger partial charge < -0.3 is 19.9 Å². The summed E-state index contributed by atoms with van der Waals surface area (Å²) in [5.41, 5.74) is 1.25. The van der Waals surface area contributed by atoms with Crippen molar-refractivity contribution in [3.63, 3.8) is 0 Å². The number of fused-ring (bicyclic) bond motifs is 1. The smallest absolute Gasteiger partial charge is 0.264 e. The summed E-state index contributed by atoms with van der Waals surface area (Å²) in [7, 11) is 3.71. The quantitative estimate of drug-likeness (QED) is 0.795. The Morgan fingerprint density at radius 3 is 2.79 bits per heavy atom. The Morgan fingerprint density at radius 2 is 2.07 bits per heavy atom. The molecule has 1 fully saturated rings. The Morgan fingerprint density at radius 1 is 1.25 bits per heavy atom. The van der Waals surface area contributed by atoms with Gasteiger partial charge in [0.05, 0.1) is 26.2 Å². The van der Waals surface area contributed by atoms with Crippen LogP contribution in [0.3, 0.4) is 0 Å². The predicted molar refractivity (Wildman–Crippen MR) is 112 cm³/mol. The van der Waals surface area contributed by atoms with Gasteiger partial charge in [0.15, 0.2) is 0 Å². The Labute approximate surface area is 177 Å². The van der Waals surface area contributed by atoms with Crippen molar-refractivity contribution in [2.45, 2.75) is 25.1 Å². The van der Waals surface area contributed by atoms with E-state index < -0.39 is 0 Å². The molecule has 0 radical (unpaired) electrons. The van der Waals surface area contributed by atoms with Crippen LogP contribution in [0.1, 0.15) is 29.8 Å². The number of carbonyl (C=O) groups is 2. The number of rotatable bonds is 4. The Kier molecular flexibility index (Phi) is 5.76. The molecule has 0 bridgehead atoms. The van der Waals surface area contributed by atoms with Crippen molar-refractivity contribution in [1.29, 1.82) is 0 Å². The van der Waals surface area contributed by atoms with Gasteiger partial charge in [0, 0.05) is 38.2 Å². The minimum absolute atomic E-state index is 0.0139. The lowest BCUT2D eigenvalue weighted by Crippen LogP contribution is -2.43. The van der Waals surface area contributed by atoms with Crippen molar-refractivity contribution in [2.75, 3.05) is 33.8 Å². The maximum Gasteiger partial charge on any atom is 0.264 e. The normalized spacial score (nSPS) is 22.3. The highest BCUT2D eigenvalue weighted by Crippen LogP contribution is 2.29. The van der Waals surface area contributed by atoms with Gasteiger partial charge in [0.1, 0.15) is 0 Å². The number of hydrogen-bond acceptors (Lipinski definition) is 6. The third kappa shape index (κ3) is 3.97. The van der Waals surface area contributed by atoms with Crippen LogP contribution in [0, 0.1) is 0 Å². The molecule has 1 saturated heterocycles. The molecule has 28 heavy (non-hydrogen) atoms. The van der Waals surface area contributed by atoms with E-state index in [-0.39, 0.29) is 24.0 Å². The minimum atomic E-state index is -0.247.